The Morgan fingerprint density at radius 2 is 2.00 bits per heavy atom. The molecule has 0 aromatic carbocycles. The lowest BCUT2D eigenvalue weighted by atomic mass is 9.80. The van der Waals surface area contributed by atoms with Crippen LogP contribution in [-0.2, 0) is 9.53 Å². The number of allylic oxidation sites excluding steroid dienone is 9. The normalized spacial score (nSPS) is 27.0. The van der Waals surface area contributed by atoms with E-state index in [-0.39, 0.29) is 5.78 Å². The third-order valence-corrected chi connectivity index (χ3v) is 3.79. The SMILES string of the molecule is C=C1C(=O)C(C)(C)/C=C\C=C/COC\C=C/C(CC)=C1/C=C\CF. The lowest BCUT2D eigenvalue weighted by Crippen LogP contribution is -2.24. The Morgan fingerprint density at radius 3 is 2.67 bits per heavy atom. The summed E-state index contributed by atoms with van der Waals surface area (Å²) >= 11 is 0. The van der Waals surface area contributed by atoms with Gasteiger partial charge in [0.15, 0.2) is 5.78 Å². The highest BCUT2D eigenvalue weighted by Crippen LogP contribution is 2.29. The molecule has 2 nitrogen and oxygen atoms in total. The van der Waals surface area contributed by atoms with Gasteiger partial charge in [0, 0.05) is 11.0 Å². The van der Waals surface area contributed by atoms with Crippen molar-refractivity contribution in [2.75, 3.05) is 19.9 Å². The molecule has 0 aromatic heterocycles. The number of carbonyl (C=O) groups is 1. The van der Waals surface area contributed by atoms with Gasteiger partial charge in [0.2, 0.25) is 0 Å². The molecule has 0 N–H and O–H groups in total. The van der Waals surface area contributed by atoms with Crippen molar-refractivity contribution in [1.82, 2.24) is 0 Å². The van der Waals surface area contributed by atoms with Crippen molar-refractivity contribution < 1.29 is 13.9 Å². The second-order valence-electron chi connectivity index (χ2n) is 6.11. The Bertz CT molecular complexity index is 601. The minimum absolute atomic E-state index is 0.0710. The smallest absolute Gasteiger partial charge is 0.172 e. The number of hydrogen-bond donors (Lipinski definition) is 0. The molecule has 1 heterocycles. The quantitative estimate of drug-likeness (QED) is 0.675. The number of Topliss-reactive ketones (excluding diaryl/α,β-unsaturated/α-hetero) is 1. The zero-order valence-electron chi connectivity index (χ0n) is 14.8. The van der Waals surface area contributed by atoms with Gasteiger partial charge in [-0.25, -0.2) is 4.39 Å². The van der Waals surface area contributed by atoms with Crippen molar-refractivity contribution in [1.29, 1.82) is 0 Å². The van der Waals surface area contributed by atoms with Gasteiger partial charge in [-0.05, 0) is 31.4 Å². The Kier molecular flexibility index (Phi) is 8.34. The highest BCUT2D eigenvalue weighted by molar-refractivity contribution is 6.04. The zero-order chi connectivity index (χ0) is 18.0. The van der Waals surface area contributed by atoms with Crippen molar-refractivity contribution in [3.63, 3.8) is 0 Å². The molecule has 0 aliphatic carbocycles. The van der Waals surface area contributed by atoms with Crippen LogP contribution in [0.25, 0.3) is 0 Å². The van der Waals surface area contributed by atoms with Crippen LogP contribution >= 0.6 is 0 Å². The molecule has 0 unspecified atom stereocenters. The van der Waals surface area contributed by atoms with E-state index in [2.05, 4.69) is 6.58 Å². The maximum Gasteiger partial charge on any atom is 0.172 e. The summed E-state index contributed by atoms with van der Waals surface area (Å²) in [6, 6.07) is 0. The van der Waals surface area contributed by atoms with Crippen LogP contribution in [0.3, 0.4) is 0 Å². The molecule has 0 amide bonds. The minimum Gasteiger partial charge on any atom is -0.373 e. The van der Waals surface area contributed by atoms with E-state index < -0.39 is 12.1 Å². The lowest BCUT2D eigenvalue weighted by molar-refractivity contribution is -0.120. The van der Waals surface area contributed by atoms with Gasteiger partial charge in [-0.15, -0.1) is 0 Å². The standard InChI is InChI=1S/C21H27FO2/c1-5-18-11-10-16-24-15-8-6-7-13-21(3,4)20(23)17(2)19(18)12-9-14-22/h6-13H,2,5,14-16H2,1,3-4H3/b8-6-,11-10-,12-9-,13-7-,19-18-. The summed E-state index contributed by atoms with van der Waals surface area (Å²) in [5.41, 5.74) is 1.33. The van der Waals surface area contributed by atoms with Gasteiger partial charge in [0.1, 0.15) is 6.67 Å². The monoisotopic (exact) mass is 330 g/mol. The largest absolute Gasteiger partial charge is 0.373 e. The molecule has 0 bridgehead atoms. The third kappa shape index (κ3) is 5.89. The summed E-state index contributed by atoms with van der Waals surface area (Å²) < 4.78 is 18.1. The van der Waals surface area contributed by atoms with Gasteiger partial charge >= 0.3 is 0 Å². The minimum atomic E-state index is -0.691. The van der Waals surface area contributed by atoms with Crippen molar-refractivity contribution in [3.05, 3.63) is 71.9 Å². The molecule has 24 heavy (non-hydrogen) atoms. The molecule has 0 saturated heterocycles. The van der Waals surface area contributed by atoms with Crippen LogP contribution < -0.4 is 0 Å². The Labute approximate surface area is 144 Å². The molecule has 3 heteroatoms. The summed E-state index contributed by atoms with van der Waals surface area (Å²) in [4.78, 5) is 12.9. The number of hydrogen-bond acceptors (Lipinski definition) is 2. The number of halogens is 1. The van der Waals surface area contributed by atoms with Crippen molar-refractivity contribution in [2.45, 2.75) is 27.2 Å². The fraction of sp³-hybridized carbons (Fsp3) is 0.381. The molecule has 1 aliphatic heterocycles. The molecular formula is C21H27FO2. The lowest BCUT2D eigenvalue weighted by Gasteiger charge is -2.21. The van der Waals surface area contributed by atoms with Gasteiger partial charge in [-0.1, -0.05) is 62.1 Å². The predicted octanol–water partition coefficient (Wildman–Crippen LogP) is 5.07. The molecule has 130 valence electrons. The summed E-state index contributed by atoms with van der Waals surface area (Å²) in [5, 5.41) is 0. The summed E-state index contributed by atoms with van der Waals surface area (Å²) in [6.07, 6.45) is 15.1. The van der Waals surface area contributed by atoms with Gasteiger partial charge in [-0.2, -0.15) is 0 Å². The highest BCUT2D eigenvalue weighted by Gasteiger charge is 2.28. The fourth-order valence-corrected chi connectivity index (χ4v) is 2.37. The van der Waals surface area contributed by atoms with Crippen LogP contribution in [-0.4, -0.2) is 25.7 Å². The van der Waals surface area contributed by atoms with Gasteiger partial charge in [0.25, 0.3) is 0 Å². The second kappa shape index (κ2) is 9.99. The number of carbonyl (C=O) groups excluding carboxylic acids is 1. The Balaban J connectivity index is 3.37. The maximum absolute atomic E-state index is 12.9. The zero-order valence-corrected chi connectivity index (χ0v) is 14.8. The van der Waals surface area contributed by atoms with E-state index >= 15 is 0 Å². The molecular weight excluding hydrogens is 303 g/mol. The first kappa shape index (κ1) is 20.0. The van der Waals surface area contributed by atoms with Gasteiger partial charge < -0.3 is 4.74 Å². The van der Waals surface area contributed by atoms with E-state index in [0.29, 0.717) is 30.8 Å². The maximum atomic E-state index is 12.9. The molecule has 0 spiro atoms. The van der Waals surface area contributed by atoms with E-state index in [1.807, 2.05) is 57.2 Å². The van der Waals surface area contributed by atoms with Gasteiger partial charge in [0.05, 0.1) is 13.2 Å². The molecule has 0 aromatic rings. The van der Waals surface area contributed by atoms with Crippen LogP contribution in [0.1, 0.15) is 27.2 Å². The molecule has 1 rings (SSSR count). The molecule has 0 saturated carbocycles. The number of rotatable bonds is 3. The van der Waals surface area contributed by atoms with Crippen molar-refractivity contribution >= 4 is 5.78 Å². The summed E-state index contributed by atoms with van der Waals surface area (Å²) in [6.45, 7) is 10.1. The van der Waals surface area contributed by atoms with E-state index in [0.717, 1.165) is 5.57 Å². The topological polar surface area (TPSA) is 26.3 Å². The number of ether oxygens (including phenoxy) is 1. The first-order valence-electron chi connectivity index (χ1n) is 8.22. The first-order chi connectivity index (χ1) is 11.4. The van der Waals surface area contributed by atoms with E-state index in [4.69, 9.17) is 4.74 Å². The van der Waals surface area contributed by atoms with Crippen molar-refractivity contribution in [3.8, 4) is 0 Å². The second-order valence-corrected chi connectivity index (χ2v) is 6.11. The van der Waals surface area contributed by atoms with E-state index in [1.165, 1.54) is 6.08 Å². The summed E-state index contributed by atoms with van der Waals surface area (Å²) in [5.74, 6) is -0.0710. The predicted molar refractivity (Wildman–Crippen MR) is 98.6 cm³/mol. The Hall–Kier alpha value is -2.00. The number of alkyl halides is 1. The van der Waals surface area contributed by atoms with E-state index in [1.54, 1.807) is 6.08 Å². The summed E-state index contributed by atoms with van der Waals surface area (Å²) in [7, 11) is 0. The van der Waals surface area contributed by atoms with Crippen LogP contribution in [0.5, 0.6) is 0 Å². The molecule has 0 radical (unpaired) electrons. The molecule has 0 fully saturated rings. The van der Waals surface area contributed by atoms with Crippen LogP contribution in [0, 0.1) is 5.41 Å². The van der Waals surface area contributed by atoms with Crippen LogP contribution in [0.15, 0.2) is 71.9 Å². The fourth-order valence-electron chi connectivity index (χ4n) is 2.37. The highest BCUT2D eigenvalue weighted by atomic mass is 19.1. The van der Waals surface area contributed by atoms with Crippen molar-refractivity contribution in [2.24, 2.45) is 5.41 Å². The number of ketones is 1. The average molecular weight is 330 g/mol. The van der Waals surface area contributed by atoms with E-state index in [9.17, 15) is 9.18 Å². The molecule has 1 aliphatic rings. The van der Waals surface area contributed by atoms with Crippen LogP contribution in [0.2, 0.25) is 0 Å². The van der Waals surface area contributed by atoms with Crippen LogP contribution in [0.4, 0.5) is 4.39 Å². The Morgan fingerprint density at radius 1 is 1.29 bits per heavy atom. The third-order valence-electron chi connectivity index (χ3n) is 3.79. The van der Waals surface area contributed by atoms with Gasteiger partial charge in [-0.3, -0.25) is 4.79 Å². The molecule has 0 atom stereocenters. The average Bonchev–Trinajstić information content (AvgIpc) is 2.56. The first-order valence-corrected chi connectivity index (χ1v) is 8.22.